The molecule has 3 aromatic carbocycles. The maximum absolute atomic E-state index is 3.21. The summed E-state index contributed by atoms with van der Waals surface area (Å²) >= 11 is 0. The molecule has 2 aliphatic rings. The van der Waals surface area contributed by atoms with E-state index in [9.17, 15) is 0 Å². The van der Waals surface area contributed by atoms with Crippen molar-refractivity contribution in [2.24, 2.45) is 0 Å². The molecule has 23 heavy (non-hydrogen) atoms. The van der Waals surface area contributed by atoms with Crippen LogP contribution in [0, 0.1) is 13.5 Å². The summed E-state index contributed by atoms with van der Waals surface area (Å²) in [5.41, 5.74) is 11.7. The van der Waals surface area contributed by atoms with E-state index in [1.54, 1.807) is 5.56 Å². The first kappa shape index (κ1) is 18.1. The monoisotopic (exact) mass is 373 g/mol. The minimum Gasteiger partial charge on any atom is -0.358 e. The quantitative estimate of drug-likeness (QED) is 0.305. The van der Waals surface area contributed by atoms with Gasteiger partial charge in [-0.3, -0.25) is 0 Å². The molecule has 1 heteroatoms. The molecule has 0 N–H and O–H groups in total. The average Bonchev–Trinajstić information content (AvgIpc) is 3.05. The zero-order valence-corrected chi connectivity index (χ0v) is 15.5. The van der Waals surface area contributed by atoms with Gasteiger partial charge in [-0.25, -0.2) is 0 Å². The third kappa shape index (κ3) is 2.53. The van der Waals surface area contributed by atoms with Gasteiger partial charge >= 0.3 is 0 Å². The third-order valence-corrected chi connectivity index (χ3v) is 4.71. The smallest absolute Gasteiger partial charge is 0 e. The summed E-state index contributed by atoms with van der Waals surface area (Å²) in [6.07, 6.45) is 2.16. The molecule has 2 aliphatic carbocycles. The topological polar surface area (TPSA) is 0 Å². The van der Waals surface area contributed by atoms with E-state index >= 15 is 0 Å². The van der Waals surface area contributed by atoms with Crippen LogP contribution < -0.4 is 0 Å². The Morgan fingerprint density at radius 1 is 0.696 bits per heavy atom. The fourth-order valence-corrected chi connectivity index (χ4v) is 3.79. The number of hydrogen-bond donors (Lipinski definition) is 0. The molecule has 0 nitrogen and oxygen atoms in total. The minimum absolute atomic E-state index is 0. The number of fused-ring (bicyclic) bond motifs is 7. The van der Waals surface area contributed by atoms with E-state index in [0.29, 0.717) is 0 Å². The first-order valence-corrected chi connectivity index (χ1v) is 7.14. The van der Waals surface area contributed by atoms with Crippen LogP contribution in [0.2, 0.25) is 0 Å². The van der Waals surface area contributed by atoms with Crippen LogP contribution >= 0.6 is 0 Å². The van der Waals surface area contributed by atoms with Crippen LogP contribution in [-0.4, -0.2) is 0 Å². The Labute approximate surface area is 164 Å². The van der Waals surface area contributed by atoms with Crippen LogP contribution in [0.5, 0.6) is 0 Å². The second-order valence-corrected chi connectivity index (χ2v) is 5.71. The minimum atomic E-state index is 0. The molecule has 0 bridgehead atoms. The Morgan fingerprint density at radius 3 is 2.04 bits per heavy atom. The summed E-state index contributed by atoms with van der Waals surface area (Å²) in [4.78, 5) is 0. The van der Waals surface area contributed by atoms with Crippen LogP contribution in [0.3, 0.4) is 0 Å². The van der Waals surface area contributed by atoms with Crippen LogP contribution in [0.25, 0.3) is 22.3 Å². The van der Waals surface area contributed by atoms with E-state index in [4.69, 9.17) is 0 Å². The van der Waals surface area contributed by atoms with Crippen LogP contribution in [-0.2, 0) is 45.6 Å². The molecule has 0 amide bonds. The van der Waals surface area contributed by atoms with Crippen LogP contribution in [0.15, 0.2) is 54.6 Å². The summed E-state index contributed by atoms with van der Waals surface area (Å²) in [5.74, 6) is 0. The predicted molar refractivity (Wildman–Crippen MR) is 94.9 cm³/mol. The Kier molecular flexibility index (Phi) is 5.28. The van der Waals surface area contributed by atoms with Crippen molar-refractivity contribution in [2.75, 3.05) is 0 Å². The molecule has 5 rings (SSSR count). The largest absolute Gasteiger partial charge is 0.358 e. The SMILES string of the molecule is C.[CH3-].[Y].[c-]1ccc2c(c1)Cc1c-2ccc2c1Cc1ccccc1-2. The fourth-order valence-electron chi connectivity index (χ4n) is 3.79. The molecule has 0 heterocycles. The number of benzene rings is 3. The summed E-state index contributed by atoms with van der Waals surface area (Å²) in [6.45, 7) is 0. The molecule has 0 saturated heterocycles. The Bertz CT molecular complexity index is 789. The van der Waals surface area contributed by atoms with E-state index in [1.807, 2.05) is 6.07 Å². The molecule has 0 saturated carbocycles. The van der Waals surface area contributed by atoms with Crippen molar-refractivity contribution in [1.29, 1.82) is 0 Å². The summed E-state index contributed by atoms with van der Waals surface area (Å²) < 4.78 is 0. The van der Waals surface area contributed by atoms with Gasteiger partial charge in [-0.1, -0.05) is 43.8 Å². The molecule has 0 atom stereocenters. The van der Waals surface area contributed by atoms with Crippen molar-refractivity contribution in [3.8, 4) is 22.3 Å². The maximum Gasteiger partial charge on any atom is 0 e. The van der Waals surface area contributed by atoms with Crippen LogP contribution in [0.4, 0.5) is 0 Å². The molecule has 0 aromatic heterocycles. The van der Waals surface area contributed by atoms with Gasteiger partial charge in [-0.15, -0.1) is 11.1 Å². The fraction of sp³-hybridized carbons (Fsp3) is 0.136. The third-order valence-electron chi connectivity index (χ3n) is 4.71. The summed E-state index contributed by atoms with van der Waals surface area (Å²) in [6, 6.07) is 23.0. The van der Waals surface area contributed by atoms with Gasteiger partial charge in [0.25, 0.3) is 0 Å². The molecular weight excluding hydrogens is 353 g/mol. The molecule has 0 spiro atoms. The molecule has 0 aliphatic heterocycles. The maximum atomic E-state index is 3.21. The zero-order chi connectivity index (χ0) is 13.1. The molecule has 0 unspecified atom stereocenters. The Hall–Kier alpha value is -1.24. The van der Waals surface area contributed by atoms with Crippen molar-refractivity contribution in [3.05, 3.63) is 90.3 Å². The van der Waals surface area contributed by atoms with Crippen molar-refractivity contribution in [1.82, 2.24) is 0 Å². The normalized spacial score (nSPS) is 11.8. The number of hydrogen-bond acceptors (Lipinski definition) is 0. The molecule has 3 aromatic rings. The van der Waals surface area contributed by atoms with Gasteiger partial charge in [0.05, 0.1) is 0 Å². The summed E-state index contributed by atoms with van der Waals surface area (Å²) in [7, 11) is 0. The van der Waals surface area contributed by atoms with Gasteiger partial charge in [0.1, 0.15) is 0 Å². The summed E-state index contributed by atoms with van der Waals surface area (Å²) in [5, 5.41) is 0. The molecule has 1 radical (unpaired) electrons. The van der Waals surface area contributed by atoms with Gasteiger partial charge in [-0.05, 0) is 46.2 Å². The molecule has 0 fully saturated rings. The van der Waals surface area contributed by atoms with Gasteiger partial charge in [0, 0.05) is 32.7 Å². The molecule has 113 valence electrons. The Morgan fingerprint density at radius 2 is 1.30 bits per heavy atom. The van der Waals surface area contributed by atoms with Gasteiger partial charge in [-0.2, -0.15) is 24.3 Å². The standard InChI is InChI=1S/C20H13.CH4.CH3.Y/c1-3-7-15-13(5-1)11-19-17(15)9-10-18-16-8-4-2-6-14(16)12-20(18)19;;;/h1,3-10H,11-12H2;1H4;1H3;/q-1;;-1;. The van der Waals surface area contributed by atoms with E-state index in [1.165, 1.54) is 38.9 Å². The van der Waals surface area contributed by atoms with Crippen molar-refractivity contribution >= 4 is 0 Å². The second kappa shape index (κ2) is 6.71. The zero-order valence-electron chi connectivity index (χ0n) is 12.7. The van der Waals surface area contributed by atoms with Crippen molar-refractivity contribution < 1.29 is 32.7 Å². The van der Waals surface area contributed by atoms with E-state index < -0.39 is 0 Å². The number of rotatable bonds is 0. The van der Waals surface area contributed by atoms with E-state index in [-0.39, 0.29) is 47.6 Å². The van der Waals surface area contributed by atoms with Gasteiger partial charge in [0.2, 0.25) is 0 Å². The first-order chi connectivity index (χ1) is 9.92. The first-order valence-electron chi connectivity index (χ1n) is 7.14. The van der Waals surface area contributed by atoms with Crippen molar-refractivity contribution in [3.63, 3.8) is 0 Å². The Balaban J connectivity index is 0.000000640. The van der Waals surface area contributed by atoms with E-state index in [0.717, 1.165) is 12.8 Å². The van der Waals surface area contributed by atoms with Gasteiger partial charge < -0.3 is 7.43 Å². The predicted octanol–water partition coefficient (Wildman–Crippen LogP) is 5.71. The van der Waals surface area contributed by atoms with Gasteiger partial charge in [0.15, 0.2) is 0 Å². The van der Waals surface area contributed by atoms with Crippen LogP contribution in [0.1, 0.15) is 29.7 Å². The van der Waals surface area contributed by atoms with Crippen molar-refractivity contribution in [2.45, 2.75) is 20.3 Å². The molecular formula is C22H20Y-2. The second-order valence-electron chi connectivity index (χ2n) is 5.71. The average molecular weight is 373 g/mol. The van der Waals surface area contributed by atoms with E-state index in [2.05, 4.69) is 54.6 Å².